The van der Waals surface area contributed by atoms with Crippen molar-refractivity contribution in [2.24, 2.45) is 5.10 Å². The van der Waals surface area contributed by atoms with Crippen LogP contribution < -0.4 is 20.2 Å². The van der Waals surface area contributed by atoms with E-state index in [4.69, 9.17) is 9.47 Å². The van der Waals surface area contributed by atoms with Gasteiger partial charge in [0.25, 0.3) is 11.8 Å². The van der Waals surface area contributed by atoms with Crippen molar-refractivity contribution in [3.63, 3.8) is 0 Å². The van der Waals surface area contributed by atoms with Crippen molar-refractivity contribution < 1.29 is 32.2 Å². The summed E-state index contributed by atoms with van der Waals surface area (Å²) in [7, 11) is 2.97. The summed E-state index contributed by atoms with van der Waals surface area (Å²) in [6.07, 6.45) is -0.998. The Balaban J connectivity index is 2.11. The number of methoxy groups -OCH3 is 2. The molecule has 2 aromatic carbocycles. The highest BCUT2D eigenvalue weighted by atomic mass is 32.2. The van der Waals surface area contributed by atoms with Gasteiger partial charge in [0.15, 0.2) is 0 Å². The number of thioether (sulfide) groups is 1. The molecule has 0 radical (unpaired) electrons. The van der Waals surface area contributed by atoms with Crippen LogP contribution in [0.4, 0.5) is 13.2 Å². The Bertz CT molecular complexity index is 960. The van der Waals surface area contributed by atoms with Crippen molar-refractivity contribution >= 4 is 29.8 Å². The van der Waals surface area contributed by atoms with Crippen LogP contribution in [0.1, 0.15) is 27.9 Å². The van der Waals surface area contributed by atoms with Gasteiger partial charge in [-0.1, -0.05) is 6.07 Å². The maximum Gasteiger partial charge on any atom is 0.416 e. The second-order valence-electron chi connectivity index (χ2n) is 6.69. The van der Waals surface area contributed by atoms with Gasteiger partial charge >= 0.3 is 6.18 Å². The van der Waals surface area contributed by atoms with E-state index in [1.807, 2.05) is 6.26 Å². The minimum Gasteiger partial charge on any atom is -0.496 e. The van der Waals surface area contributed by atoms with Gasteiger partial charge in [0.1, 0.15) is 17.5 Å². The molecule has 0 spiro atoms. The summed E-state index contributed by atoms with van der Waals surface area (Å²) in [5.74, 6) is 0.300. The molecule has 0 aliphatic rings. The minimum absolute atomic E-state index is 0.00668. The molecule has 0 heterocycles. The molecule has 1 unspecified atom stereocenters. The number of nitrogens with one attached hydrogen (secondary N) is 2. The summed E-state index contributed by atoms with van der Waals surface area (Å²) < 4.78 is 48.7. The van der Waals surface area contributed by atoms with Gasteiger partial charge in [-0.3, -0.25) is 9.59 Å². The monoisotopic (exact) mass is 483 g/mol. The summed E-state index contributed by atoms with van der Waals surface area (Å²) in [6.45, 7) is 0. The summed E-state index contributed by atoms with van der Waals surface area (Å²) in [5.41, 5.74) is 2.03. The lowest BCUT2D eigenvalue weighted by Gasteiger charge is -2.17. The molecule has 0 aliphatic heterocycles. The van der Waals surface area contributed by atoms with Crippen molar-refractivity contribution in [1.29, 1.82) is 0 Å². The lowest BCUT2D eigenvalue weighted by atomic mass is 10.1. The van der Waals surface area contributed by atoms with Crippen LogP contribution in [0.3, 0.4) is 0 Å². The van der Waals surface area contributed by atoms with Crippen LogP contribution in [-0.4, -0.2) is 50.3 Å². The van der Waals surface area contributed by atoms with E-state index < -0.39 is 29.6 Å². The van der Waals surface area contributed by atoms with E-state index in [9.17, 15) is 22.8 Å². The van der Waals surface area contributed by atoms with Crippen LogP contribution in [0.2, 0.25) is 0 Å². The number of rotatable bonds is 10. The zero-order valence-electron chi connectivity index (χ0n) is 18.2. The molecule has 2 rings (SSSR count). The number of hydrogen-bond donors (Lipinski definition) is 2. The van der Waals surface area contributed by atoms with Crippen LogP contribution >= 0.6 is 11.8 Å². The predicted octanol–water partition coefficient (Wildman–Crippen LogP) is 3.72. The Morgan fingerprint density at radius 3 is 2.21 bits per heavy atom. The molecule has 178 valence electrons. The lowest BCUT2D eigenvalue weighted by Crippen LogP contribution is -2.45. The Labute approximate surface area is 193 Å². The molecule has 0 fully saturated rings. The van der Waals surface area contributed by atoms with E-state index in [0.29, 0.717) is 29.2 Å². The van der Waals surface area contributed by atoms with Gasteiger partial charge in [-0.15, -0.1) is 0 Å². The van der Waals surface area contributed by atoms with Crippen molar-refractivity contribution in [1.82, 2.24) is 10.7 Å². The number of amides is 2. The largest absolute Gasteiger partial charge is 0.496 e. The fourth-order valence-corrected chi connectivity index (χ4v) is 3.27. The highest BCUT2D eigenvalue weighted by Crippen LogP contribution is 2.29. The maximum atomic E-state index is 12.7. The molecule has 0 aromatic heterocycles. The van der Waals surface area contributed by atoms with Gasteiger partial charge in [-0.05, 0) is 54.8 Å². The van der Waals surface area contributed by atoms with Crippen LogP contribution in [0, 0.1) is 0 Å². The Morgan fingerprint density at radius 2 is 1.70 bits per heavy atom. The zero-order valence-corrected chi connectivity index (χ0v) is 19.0. The van der Waals surface area contributed by atoms with Crippen LogP contribution in [0.5, 0.6) is 11.5 Å². The normalized spacial score (nSPS) is 12.3. The van der Waals surface area contributed by atoms with E-state index in [2.05, 4.69) is 15.8 Å². The number of hydrogen-bond acceptors (Lipinski definition) is 6. The fourth-order valence-electron chi connectivity index (χ4n) is 2.80. The molecule has 1 atom stereocenters. The average Bonchev–Trinajstić information content (AvgIpc) is 2.80. The van der Waals surface area contributed by atoms with E-state index in [1.54, 1.807) is 18.2 Å². The number of carbonyl (C=O) groups excluding carboxylic acids is 2. The third-order valence-electron chi connectivity index (χ3n) is 4.54. The smallest absolute Gasteiger partial charge is 0.416 e. The third kappa shape index (κ3) is 7.41. The van der Waals surface area contributed by atoms with Gasteiger partial charge in [0.2, 0.25) is 0 Å². The number of hydrazone groups is 1. The maximum absolute atomic E-state index is 12.7. The molecule has 2 N–H and O–H groups in total. The Morgan fingerprint density at radius 1 is 1.09 bits per heavy atom. The summed E-state index contributed by atoms with van der Waals surface area (Å²) in [5, 5.41) is 6.49. The molecular formula is C22H24F3N3O4S. The summed E-state index contributed by atoms with van der Waals surface area (Å²) >= 11 is 1.48. The predicted molar refractivity (Wildman–Crippen MR) is 121 cm³/mol. The molecule has 0 saturated heterocycles. The number of carbonyl (C=O) groups is 2. The number of ether oxygens (including phenoxy) is 2. The number of halogens is 3. The topological polar surface area (TPSA) is 89.0 Å². The lowest BCUT2D eigenvalue weighted by molar-refractivity contribution is -0.137. The second-order valence-corrected chi connectivity index (χ2v) is 7.68. The highest BCUT2D eigenvalue weighted by molar-refractivity contribution is 7.98. The van der Waals surface area contributed by atoms with Gasteiger partial charge < -0.3 is 14.8 Å². The molecule has 11 heteroatoms. The minimum atomic E-state index is -4.50. The van der Waals surface area contributed by atoms with Gasteiger partial charge in [-0.2, -0.15) is 30.0 Å². The standard InChI is InChI=1S/C22H24F3N3O4S/c1-31-18-5-4-6-19(32-2)16(18)13-26-28-21(30)17(11-12-33-3)27-20(29)14-7-9-15(10-8-14)22(23,24)25/h4-10,13,17H,11-12H2,1-3H3,(H,27,29)(H,28,30). The quantitative estimate of drug-likeness (QED) is 0.397. The number of alkyl halides is 3. The first-order valence-corrected chi connectivity index (χ1v) is 11.1. The molecule has 0 bridgehead atoms. The SMILES string of the molecule is COc1cccc(OC)c1C=NNC(=O)C(CCSC)NC(=O)c1ccc(C(F)(F)F)cc1. The van der Waals surface area contributed by atoms with Crippen LogP contribution in [0.25, 0.3) is 0 Å². The molecule has 0 aliphatic carbocycles. The average molecular weight is 484 g/mol. The zero-order chi connectivity index (χ0) is 24.4. The summed E-state index contributed by atoms with van der Waals surface area (Å²) in [6, 6.07) is 7.97. The van der Waals surface area contributed by atoms with Crippen molar-refractivity contribution in [3.05, 3.63) is 59.2 Å². The Kier molecular flexibility index (Phi) is 9.58. The molecule has 7 nitrogen and oxygen atoms in total. The first-order valence-electron chi connectivity index (χ1n) is 9.72. The highest BCUT2D eigenvalue weighted by Gasteiger charge is 2.30. The van der Waals surface area contributed by atoms with Gasteiger partial charge in [-0.25, -0.2) is 5.43 Å². The van der Waals surface area contributed by atoms with Crippen molar-refractivity contribution in [2.45, 2.75) is 18.6 Å². The fraction of sp³-hybridized carbons (Fsp3) is 0.318. The third-order valence-corrected chi connectivity index (χ3v) is 5.19. The second kappa shape index (κ2) is 12.1. The first-order chi connectivity index (χ1) is 15.7. The van der Waals surface area contributed by atoms with Crippen LogP contribution in [0.15, 0.2) is 47.6 Å². The number of benzene rings is 2. The van der Waals surface area contributed by atoms with Crippen molar-refractivity contribution in [2.75, 3.05) is 26.2 Å². The van der Waals surface area contributed by atoms with E-state index >= 15 is 0 Å². The van der Waals surface area contributed by atoms with Crippen LogP contribution in [-0.2, 0) is 11.0 Å². The van der Waals surface area contributed by atoms with Gasteiger partial charge in [0.05, 0.1) is 31.6 Å². The molecule has 2 amide bonds. The Hall–Kier alpha value is -3.21. The molecule has 2 aromatic rings. The van der Waals surface area contributed by atoms with E-state index in [-0.39, 0.29) is 5.56 Å². The molecule has 33 heavy (non-hydrogen) atoms. The molecule has 0 saturated carbocycles. The first kappa shape index (κ1) is 26.0. The van der Waals surface area contributed by atoms with Gasteiger partial charge in [0, 0.05) is 5.56 Å². The summed E-state index contributed by atoms with van der Waals surface area (Å²) in [4.78, 5) is 25.1. The number of nitrogens with zero attached hydrogens (tertiary/aromatic N) is 1. The van der Waals surface area contributed by atoms with E-state index in [0.717, 1.165) is 24.3 Å². The molecular weight excluding hydrogens is 459 g/mol. The van der Waals surface area contributed by atoms with Crippen molar-refractivity contribution in [3.8, 4) is 11.5 Å². The van der Waals surface area contributed by atoms with E-state index in [1.165, 1.54) is 32.2 Å².